The van der Waals surface area contributed by atoms with Gasteiger partial charge in [-0.15, -0.1) is 0 Å². The summed E-state index contributed by atoms with van der Waals surface area (Å²) in [5.74, 6) is 0.160. The zero-order valence-electron chi connectivity index (χ0n) is 10.9. The Morgan fingerprint density at radius 1 is 1.29 bits per heavy atom. The Kier molecular flexibility index (Phi) is 6.52. The third-order valence-electron chi connectivity index (χ3n) is 3.68. The summed E-state index contributed by atoms with van der Waals surface area (Å²) in [6.07, 6.45) is 7.13. The van der Waals surface area contributed by atoms with E-state index in [1.54, 1.807) is 4.90 Å². The van der Waals surface area contributed by atoms with Crippen LogP contribution in [0.2, 0.25) is 0 Å². The van der Waals surface area contributed by atoms with Crippen LogP contribution in [0, 0.1) is 0 Å². The summed E-state index contributed by atoms with van der Waals surface area (Å²) in [5.41, 5.74) is 5.41. The average Bonchev–Trinajstić information content (AvgIpc) is 2.34. The molecule has 2 unspecified atom stereocenters. The molecule has 0 aromatic heterocycles. The minimum atomic E-state index is -0.332. The van der Waals surface area contributed by atoms with Crippen molar-refractivity contribution in [1.82, 2.24) is 4.90 Å². The van der Waals surface area contributed by atoms with Gasteiger partial charge in [0, 0.05) is 13.5 Å². The van der Waals surface area contributed by atoms with Gasteiger partial charge in [-0.2, -0.15) is 0 Å². The standard InChI is InChI=1S/C13H26N2O2/c1-15(11-7-4-5-8-12(11)16)13(17)9-3-2-6-10-14/h11-12,16H,2-10,14H2,1H3. The number of nitrogens with two attached hydrogens (primary N) is 1. The lowest BCUT2D eigenvalue weighted by molar-refractivity contribution is -0.135. The second-order valence-electron chi connectivity index (χ2n) is 5.02. The number of nitrogens with zero attached hydrogens (tertiary/aromatic N) is 1. The Morgan fingerprint density at radius 2 is 2.00 bits per heavy atom. The van der Waals surface area contributed by atoms with Crippen molar-refractivity contribution in [2.45, 2.75) is 63.5 Å². The van der Waals surface area contributed by atoms with Crippen LogP contribution in [0.25, 0.3) is 0 Å². The maximum absolute atomic E-state index is 11.9. The fourth-order valence-corrected chi connectivity index (χ4v) is 2.50. The third kappa shape index (κ3) is 4.64. The van der Waals surface area contributed by atoms with E-state index in [-0.39, 0.29) is 18.1 Å². The van der Waals surface area contributed by atoms with Crippen LogP contribution in [0.15, 0.2) is 0 Å². The Hall–Kier alpha value is -0.610. The smallest absolute Gasteiger partial charge is 0.222 e. The third-order valence-corrected chi connectivity index (χ3v) is 3.68. The molecule has 0 aromatic rings. The SMILES string of the molecule is CN(C(=O)CCCCCN)C1CCCCC1O. The largest absolute Gasteiger partial charge is 0.391 e. The lowest BCUT2D eigenvalue weighted by atomic mass is 9.91. The normalized spacial score (nSPS) is 24.6. The van der Waals surface area contributed by atoms with E-state index in [0.29, 0.717) is 13.0 Å². The predicted octanol–water partition coefficient (Wildman–Crippen LogP) is 1.27. The van der Waals surface area contributed by atoms with Gasteiger partial charge in [0.05, 0.1) is 12.1 Å². The Bertz CT molecular complexity index is 233. The van der Waals surface area contributed by atoms with Gasteiger partial charge in [0.25, 0.3) is 0 Å². The highest BCUT2D eigenvalue weighted by atomic mass is 16.3. The van der Waals surface area contributed by atoms with E-state index >= 15 is 0 Å². The number of rotatable bonds is 6. The molecule has 1 fully saturated rings. The molecule has 1 saturated carbocycles. The van der Waals surface area contributed by atoms with Crippen LogP contribution in [0.3, 0.4) is 0 Å². The Balaban J connectivity index is 2.29. The van der Waals surface area contributed by atoms with E-state index in [9.17, 15) is 9.90 Å². The molecule has 0 heterocycles. The number of aliphatic hydroxyl groups excluding tert-OH is 1. The average molecular weight is 242 g/mol. The summed E-state index contributed by atoms with van der Waals surface area (Å²) >= 11 is 0. The van der Waals surface area contributed by atoms with Crippen LogP contribution in [-0.4, -0.2) is 41.7 Å². The highest BCUT2D eigenvalue weighted by Gasteiger charge is 2.28. The first-order valence-corrected chi connectivity index (χ1v) is 6.80. The van der Waals surface area contributed by atoms with Gasteiger partial charge < -0.3 is 15.7 Å². The van der Waals surface area contributed by atoms with Crippen LogP contribution in [0.1, 0.15) is 51.4 Å². The molecule has 0 radical (unpaired) electrons. The van der Waals surface area contributed by atoms with E-state index in [1.165, 1.54) is 0 Å². The van der Waals surface area contributed by atoms with Gasteiger partial charge in [-0.25, -0.2) is 0 Å². The molecule has 1 aliphatic carbocycles. The molecule has 4 heteroatoms. The first-order valence-electron chi connectivity index (χ1n) is 6.80. The molecule has 0 bridgehead atoms. The van der Waals surface area contributed by atoms with E-state index in [2.05, 4.69) is 0 Å². The van der Waals surface area contributed by atoms with Crippen molar-refractivity contribution in [2.75, 3.05) is 13.6 Å². The van der Waals surface area contributed by atoms with Gasteiger partial charge in [0.2, 0.25) is 5.91 Å². The molecule has 0 spiro atoms. The number of likely N-dealkylation sites (N-methyl/N-ethyl adjacent to an activating group) is 1. The van der Waals surface area contributed by atoms with Crippen molar-refractivity contribution < 1.29 is 9.90 Å². The zero-order valence-corrected chi connectivity index (χ0v) is 10.9. The summed E-state index contributed by atoms with van der Waals surface area (Å²) in [6.45, 7) is 0.700. The van der Waals surface area contributed by atoms with Gasteiger partial charge in [-0.3, -0.25) is 4.79 Å². The highest BCUT2D eigenvalue weighted by Crippen LogP contribution is 2.23. The fraction of sp³-hybridized carbons (Fsp3) is 0.923. The second kappa shape index (κ2) is 7.67. The molecule has 0 saturated heterocycles. The fourth-order valence-electron chi connectivity index (χ4n) is 2.50. The second-order valence-corrected chi connectivity index (χ2v) is 5.02. The van der Waals surface area contributed by atoms with Crippen molar-refractivity contribution in [3.63, 3.8) is 0 Å². The number of unbranched alkanes of at least 4 members (excludes halogenated alkanes) is 2. The molecule has 0 aliphatic heterocycles. The number of hydrogen-bond acceptors (Lipinski definition) is 3. The van der Waals surface area contributed by atoms with E-state index in [4.69, 9.17) is 5.73 Å². The summed E-state index contributed by atoms with van der Waals surface area (Å²) in [5, 5.41) is 9.89. The summed E-state index contributed by atoms with van der Waals surface area (Å²) in [6, 6.07) is 0.0331. The van der Waals surface area contributed by atoms with Crippen LogP contribution in [-0.2, 0) is 4.79 Å². The Labute approximate surface area is 104 Å². The lowest BCUT2D eigenvalue weighted by Crippen LogP contribution is -2.46. The van der Waals surface area contributed by atoms with Crippen LogP contribution in [0.5, 0.6) is 0 Å². The maximum atomic E-state index is 11.9. The van der Waals surface area contributed by atoms with Gasteiger partial charge in [-0.05, 0) is 32.2 Å². The van der Waals surface area contributed by atoms with E-state index in [1.807, 2.05) is 7.05 Å². The van der Waals surface area contributed by atoms with Crippen LogP contribution >= 0.6 is 0 Å². The number of hydrogen-bond donors (Lipinski definition) is 2. The van der Waals surface area contributed by atoms with Gasteiger partial charge >= 0.3 is 0 Å². The topological polar surface area (TPSA) is 66.6 Å². The molecule has 0 aromatic carbocycles. The molecule has 3 N–H and O–H groups in total. The molecule has 1 amide bonds. The van der Waals surface area contributed by atoms with Crippen molar-refractivity contribution in [2.24, 2.45) is 5.73 Å². The monoisotopic (exact) mass is 242 g/mol. The van der Waals surface area contributed by atoms with Gasteiger partial charge in [0.1, 0.15) is 0 Å². The molecule has 1 aliphatic rings. The summed E-state index contributed by atoms with van der Waals surface area (Å²) < 4.78 is 0. The van der Waals surface area contributed by atoms with Crippen LogP contribution < -0.4 is 5.73 Å². The quantitative estimate of drug-likeness (QED) is 0.689. The van der Waals surface area contributed by atoms with E-state index < -0.39 is 0 Å². The minimum Gasteiger partial charge on any atom is -0.391 e. The number of amides is 1. The lowest BCUT2D eigenvalue weighted by Gasteiger charge is -2.35. The van der Waals surface area contributed by atoms with Gasteiger partial charge in [-0.1, -0.05) is 19.3 Å². The van der Waals surface area contributed by atoms with Crippen molar-refractivity contribution in [3.8, 4) is 0 Å². The molecule has 100 valence electrons. The molecule has 2 atom stereocenters. The molecule has 1 rings (SSSR count). The molecule has 4 nitrogen and oxygen atoms in total. The number of carbonyl (C=O) groups is 1. The van der Waals surface area contributed by atoms with Gasteiger partial charge in [0.15, 0.2) is 0 Å². The minimum absolute atomic E-state index is 0.0331. The van der Waals surface area contributed by atoms with Crippen molar-refractivity contribution >= 4 is 5.91 Å². The first-order chi connectivity index (χ1) is 8.16. The first kappa shape index (κ1) is 14.5. The van der Waals surface area contributed by atoms with E-state index in [0.717, 1.165) is 44.9 Å². The molecule has 17 heavy (non-hydrogen) atoms. The number of aliphatic hydroxyl groups is 1. The molecular weight excluding hydrogens is 216 g/mol. The number of carbonyl (C=O) groups excluding carboxylic acids is 1. The summed E-state index contributed by atoms with van der Waals surface area (Å²) in [7, 11) is 1.82. The van der Waals surface area contributed by atoms with Crippen molar-refractivity contribution in [1.29, 1.82) is 0 Å². The van der Waals surface area contributed by atoms with Crippen LogP contribution in [0.4, 0.5) is 0 Å². The maximum Gasteiger partial charge on any atom is 0.222 e. The highest BCUT2D eigenvalue weighted by molar-refractivity contribution is 5.76. The van der Waals surface area contributed by atoms with Crippen molar-refractivity contribution in [3.05, 3.63) is 0 Å². The molecular formula is C13H26N2O2. The predicted molar refractivity (Wildman–Crippen MR) is 68.6 cm³/mol. The summed E-state index contributed by atoms with van der Waals surface area (Å²) in [4.78, 5) is 13.7. The zero-order chi connectivity index (χ0) is 12.7. The Morgan fingerprint density at radius 3 is 2.65 bits per heavy atom.